The molecule has 328 valence electrons. The monoisotopic (exact) mass is 832 g/mol. The molecule has 25 nitrogen and oxygen atoms in total. The average molecular weight is 833 g/mol. The van der Waals surface area contributed by atoms with Gasteiger partial charge in [0.1, 0.15) is 73.2 Å². The van der Waals surface area contributed by atoms with Gasteiger partial charge in [-0.3, -0.25) is 14.4 Å². The van der Waals surface area contributed by atoms with Gasteiger partial charge in [-0.2, -0.15) is 0 Å². The molecular weight excluding hydrogens is 780 g/mol. The average Bonchev–Trinajstić information content (AvgIpc) is 3.51. The van der Waals surface area contributed by atoms with E-state index < -0.39 is 136 Å². The molecule has 0 aromatic heterocycles. The lowest BCUT2D eigenvalue weighted by molar-refractivity contribution is -0.366. The summed E-state index contributed by atoms with van der Waals surface area (Å²) < 4.78 is 43.6. The Hall–Kier alpha value is -2.64. The number of aliphatic hydroxyl groups excluding tert-OH is 10. The fraction of sp³-hybridized carbons (Fsp3) is 0.875. The van der Waals surface area contributed by atoms with E-state index in [-0.39, 0.29) is 65.3 Å². The number of ether oxygens (including phenoxy) is 8. The Bertz CT molecular complexity index is 1280. The van der Waals surface area contributed by atoms with Crippen molar-refractivity contribution in [3.05, 3.63) is 0 Å². The molecule has 0 aliphatic carbocycles. The van der Waals surface area contributed by atoms with Crippen LogP contribution < -0.4 is 5.32 Å². The maximum absolute atomic E-state index is 12.3. The standard InChI is InChI=1S/C32H52N2O23/c35-11-14-21(41)24(44)26(46)30(53-14)52-13-16-23(43)29(56-32-27(47)25(45)22(42)15(12-36)54-32)28(48)31(55-16)51-8-5-33-17(37)3-6-49-9-10-50-7-4-20(40)57-34-18(38)1-2-19(34)39/h14-16,21-32,35-36,41-48H,1-13H2,(H,33,37)/t14-,15-,16-,21-,22-,23-,24+,25+,26+,27+,28+,29+,30+,31-,32-/m1/s1. The Morgan fingerprint density at radius 2 is 1.14 bits per heavy atom. The molecule has 25 heteroatoms. The predicted molar refractivity (Wildman–Crippen MR) is 176 cm³/mol. The summed E-state index contributed by atoms with van der Waals surface area (Å²) in [5.41, 5.74) is 0. The van der Waals surface area contributed by atoms with E-state index in [2.05, 4.69) is 5.32 Å². The van der Waals surface area contributed by atoms with Crippen LogP contribution in [0.2, 0.25) is 0 Å². The van der Waals surface area contributed by atoms with Crippen LogP contribution in [0.25, 0.3) is 0 Å². The number of rotatable bonds is 21. The summed E-state index contributed by atoms with van der Waals surface area (Å²) >= 11 is 0. The van der Waals surface area contributed by atoms with Crippen molar-refractivity contribution in [2.45, 2.75) is 118 Å². The Morgan fingerprint density at radius 3 is 1.74 bits per heavy atom. The van der Waals surface area contributed by atoms with E-state index in [4.69, 9.17) is 42.7 Å². The Balaban J connectivity index is 1.21. The van der Waals surface area contributed by atoms with E-state index in [1.165, 1.54) is 0 Å². The first-order valence-electron chi connectivity index (χ1n) is 18.2. The second-order valence-electron chi connectivity index (χ2n) is 13.3. The van der Waals surface area contributed by atoms with E-state index in [1.54, 1.807) is 0 Å². The lowest BCUT2D eigenvalue weighted by atomic mass is 9.96. The second-order valence-corrected chi connectivity index (χ2v) is 13.3. The Morgan fingerprint density at radius 1 is 0.614 bits per heavy atom. The minimum absolute atomic E-state index is 0.00723. The molecular formula is C32H52N2O23. The van der Waals surface area contributed by atoms with E-state index in [0.717, 1.165) is 0 Å². The zero-order chi connectivity index (χ0) is 41.8. The van der Waals surface area contributed by atoms with Crippen LogP contribution in [0.4, 0.5) is 0 Å². The van der Waals surface area contributed by atoms with E-state index in [1.807, 2.05) is 0 Å². The summed E-state index contributed by atoms with van der Waals surface area (Å²) in [7, 11) is 0. The minimum atomic E-state index is -1.92. The Labute approximate surface area is 324 Å². The van der Waals surface area contributed by atoms with Gasteiger partial charge in [-0.15, -0.1) is 5.06 Å². The molecule has 0 bridgehead atoms. The van der Waals surface area contributed by atoms with E-state index in [9.17, 15) is 70.2 Å². The van der Waals surface area contributed by atoms with Crippen molar-refractivity contribution in [3.8, 4) is 0 Å². The van der Waals surface area contributed by atoms with Crippen molar-refractivity contribution in [2.75, 3.05) is 59.4 Å². The van der Waals surface area contributed by atoms with Gasteiger partial charge in [0.05, 0.1) is 59.3 Å². The highest BCUT2D eigenvalue weighted by Gasteiger charge is 2.52. The molecule has 57 heavy (non-hydrogen) atoms. The van der Waals surface area contributed by atoms with Crippen LogP contribution in [0.1, 0.15) is 25.7 Å². The quantitative estimate of drug-likeness (QED) is 0.0378. The van der Waals surface area contributed by atoms with E-state index in [0.29, 0.717) is 5.06 Å². The summed E-state index contributed by atoms with van der Waals surface area (Å²) in [5, 5.41) is 106. The van der Waals surface area contributed by atoms with Crippen LogP contribution in [0.5, 0.6) is 0 Å². The first kappa shape index (κ1) is 47.0. The molecule has 4 heterocycles. The molecule has 0 unspecified atom stereocenters. The van der Waals surface area contributed by atoms with Crippen molar-refractivity contribution in [2.24, 2.45) is 0 Å². The fourth-order valence-electron chi connectivity index (χ4n) is 5.97. The maximum Gasteiger partial charge on any atom is 0.335 e. The zero-order valence-corrected chi connectivity index (χ0v) is 30.6. The highest BCUT2D eigenvalue weighted by molar-refractivity contribution is 6.01. The molecule has 0 aromatic carbocycles. The third kappa shape index (κ3) is 12.7. The molecule has 4 saturated heterocycles. The second kappa shape index (κ2) is 22.7. The van der Waals surface area contributed by atoms with E-state index >= 15 is 0 Å². The van der Waals surface area contributed by atoms with Crippen LogP contribution in [-0.4, -0.2) is 231 Å². The van der Waals surface area contributed by atoms with Crippen molar-refractivity contribution in [3.63, 3.8) is 0 Å². The first-order valence-corrected chi connectivity index (χ1v) is 18.2. The topological polar surface area (TPSA) is 369 Å². The summed E-state index contributed by atoms with van der Waals surface area (Å²) in [5.74, 6) is -2.46. The van der Waals surface area contributed by atoms with Crippen molar-refractivity contribution in [1.29, 1.82) is 0 Å². The van der Waals surface area contributed by atoms with Gasteiger partial charge in [-0.25, -0.2) is 4.79 Å². The Kier molecular flexibility index (Phi) is 18.7. The van der Waals surface area contributed by atoms with Crippen molar-refractivity contribution < 1.29 is 113 Å². The van der Waals surface area contributed by atoms with Gasteiger partial charge >= 0.3 is 5.97 Å². The number of nitrogens with zero attached hydrogens (tertiary/aromatic N) is 1. The van der Waals surface area contributed by atoms with Crippen molar-refractivity contribution in [1.82, 2.24) is 10.4 Å². The number of amides is 3. The number of nitrogens with one attached hydrogen (secondary N) is 1. The molecule has 0 spiro atoms. The van der Waals surface area contributed by atoms with Gasteiger partial charge in [-0.05, 0) is 0 Å². The predicted octanol–water partition coefficient (Wildman–Crippen LogP) is -8.01. The first-order chi connectivity index (χ1) is 27.2. The molecule has 4 rings (SSSR count). The fourth-order valence-corrected chi connectivity index (χ4v) is 5.97. The highest BCUT2D eigenvalue weighted by atomic mass is 16.8. The molecule has 4 aliphatic heterocycles. The molecule has 0 aromatic rings. The largest absolute Gasteiger partial charge is 0.394 e. The van der Waals surface area contributed by atoms with Crippen molar-refractivity contribution >= 4 is 23.7 Å². The number of hydrogen-bond acceptors (Lipinski definition) is 23. The third-order valence-electron chi connectivity index (χ3n) is 9.26. The smallest absolute Gasteiger partial charge is 0.335 e. The van der Waals surface area contributed by atoms with Crippen LogP contribution in [0.15, 0.2) is 0 Å². The van der Waals surface area contributed by atoms with Crippen LogP contribution >= 0.6 is 0 Å². The number of carbonyl (C=O) groups is 4. The van der Waals surface area contributed by atoms with Gasteiger partial charge in [0.25, 0.3) is 11.8 Å². The van der Waals surface area contributed by atoms with Gasteiger partial charge in [0.2, 0.25) is 5.91 Å². The molecule has 3 amide bonds. The normalized spacial score (nSPS) is 37.4. The van der Waals surface area contributed by atoms with Crippen LogP contribution in [0, 0.1) is 0 Å². The lowest BCUT2D eigenvalue weighted by Gasteiger charge is -2.46. The number of hydroxylamine groups is 2. The number of hydrogen-bond donors (Lipinski definition) is 11. The lowest BCUT2D eigenvalue weighted by Crippen LogP contribution is -2.65. The molecule has 0 radical (unpaired) electrons. The zero-order valence-electron chi connectivity index (χ0n) is 30.6. The van der Waals surface area contributed by atoms with Gasteiger partial charge in [-0.1, -0.05) is 0 Å². The van der Waals surface area contributed by atoms with Crippen LogP contribution in [-0.2, 0) is 61.9 Å². The molecule has 0 saturated carbocycles. The third-order valence-corrected chi connectivity index (χ3v) is 9.26. The number of aliphatic hydroxyl groups is 10. The van der Waals surface area contributed by atoms with Gasteiger partial charge in [0.15, 0.2) is 18.9 Å². The number of carbonyl (C=O) groups excluding carboxylic acids is 4. The molecule has 4 fully saturated rings. The number of imide groups is 1. The molecule has 4 aliphatic rings. The minimum Gasteiger partial charge on any atom is -0.394 e. The summed E-state index contributed by atoms with van der Waals surface area (Å²) in [6.07, 6.45) is -25.8. The van der Waals surface area contributed by atoms with Gasteiger partial charge in [0, 0.05) is 25.8 Å². The summed E-state index contributed by atoms with van der Waals surface area (Å²) in [6.45, 7) is -2.53. The molecule has 11 N–H and O–H groups in total. The summed E-state index contributed by atoms with van der Waals surface area (Å²) in [4.78, 5) is 51.8. The SMILES string of the molecule is O=C(CCOCCOCCC(=O)ON1C(=O)CCC1=O)NCCO[C@@H]1O[C@H](CO[C@H]2O[C@H](CO)[C@@H](O)[C@H](O)[C@@H]2O)[C@@H](O)[C@H](O[C@H]2O[C@H](CO)[C@@H](O)[C@H](O)[C@@H]2O)[C@@H]1O. The molecule has 15 atom stereocenters. The van der Waals surface area contributed by atoms with Crippen LogP contribution in [0.3, 0.4) is 0 Å². The summed E-state index contributed by atoms with van der Waals surface area (Å²) in [6, 6.07) is 0. The highest BCUT2D eigenvalue weighted by Crippen LogP contribution is 2.31. The van der Waals surface area contributed by atoms with Gasteiger partial charge < -0.3 is 99.1 Å². The maximum atomic E-state index is 12.3.